The Morgan fingerprint density at radius 3 is 2.29 bits per heavy atom. The van der Waals surface area contributed by atoms with Crippen molar-refractivity contribution in [3.63, 3.8) is 0 Å². The van der Waals surface area contributed by atoms with Gasteiger partial charge in [0.15, 0.2) is 0 Å². The van der Waals surface area contributed by atoms with E-state index in [9.17, 15) is 18.0 Å². The van der Waals surface area contributed by atoms with Crippen molar-refractivity contribution in [1.29, 1.82) is 0 Å². The molecule has 0 saturated heterocycles. The summed E-state index contributed by atoms with van der Waals surface area (Å²) in [5.74, 6) is -0.467. The second-order valence-corrected chi connectivity index (χ2v) is 6.45. The number of carbonyl (C=O) groups excluding carboxylic acids is 1. The van der Waals surface area contributed by atoms with Gasteiger partial charge in [-0.2, -0.15) is 13.2 Å². The Labute approximate surface area is 161 Å². The number of hydrogen-bond acceptors (Lipinski definition) is 2. The average molecular weight is 384 g/mol. The molecule has 0 heterocycles. The minimum absolute atomic E-state index is 0.0904. The van der Waals surface area contributed by atoms with Gasteiger partial charge in [-0.05, 0) is 49.4 Å². The van der Waals surface area contributed by atoms with Gasteiger partial charge in [0.2, 0.25) is 0 Å². The van der Waals surface area contributed by atoms with Crippen LogP contribution in [0.1, 0.15) is 21.5 Å². The van der Waals surface area contributed by atoms with Crippen LogP contribution >= 0.6 is 0 Å². The van der Waals surface area contributed by atoms with Crippen molar-refractivity contribution < 1.29 is 18.0 Å². The van der Waals surface area contributed by atoms with Crippen molar-refractivity contribution in [1.82, 2.24) is 0 Å². The highest BCUT2D eigenvalue weighted by atomic mass is 19.4. The number of halogens is 3. The summed E-state index contributed by atoms with van der Waals surface area (Å²) < 4.78 is 39.6. The molecule has 0 spiro atoms. The fourth-order valence-corrected chi connectivity index (χ4v) is 2.88. The number of para-hydroxylation sites is 1. The van der Waals surface area contributed by atoms with Gasteiger partial charge >= 0.3 is 6.18 Å². The molecule has 0 fully saturated rings. The van der Waals surface area contributed by atoms with Gasteiger partial charge in [0.05, 0.1) is 16.9 Å². The van der Waals surface area contributed by atoms with Crippen molar-refractivity contribution >= 4 is 23.0 Å². The maximum absolute atomic E-state index is 13.2. The van der Waals surface area contributed by atoms with E-state index in [0.29, 0.717) is 11.3 Å². The lowest BCUT2D eigenvalue weighted by Gasteiger charge is -2.24. The summed E-state index contributed by atoms with van der Waals surface area (Å²) in [5, 5.41) is 2.64. The molecule has 1 amide bonds. The SMILES string of the molecule is Cc1cccc(C(=O)Nc2cc(C(F)(F)F)ccc2N(C)c2ccccc2)c1. The smallest absolute Gasteiger partial charge is 0.343 e. The molecule has 0 aliphatic heterocycles. The molecule has 0 aliphatic rings. The molecular formula is C22H19F3N2O. The number of carbonyl (C=O) groups is 1. The van der Waals surface area contributed by atoms with Crippen LogP contribution in [0.4, 0.5) is 30.2 Å². The quantitative estimate of drug-likeness (QED) is 0.595. The summed E-state index contributed by atoms with van der Waals surface area (Å²) in [7, 11) is 1.74. The van der Waals surface area contributed by atoms with E-state index in [4.69, 9.17) is 0 Å². The van der Waals surface area contributed by atoms with E-state index in [1.54, 1.807) is 30.1 Å². The molecule has 6 heteroatoms. The van der Waals surface area contributed by atoms with Crippen LogP contribution in [0.2, 0.25) is 0 Å². The van der Waals surface area contributed by atoms with Crippen molar-refractivity contribution in [3.05, 3.63) is 89.5 Å². The Hall–Kier alpha value is -3.28. The predicted molar refractivity (Wildman–Crippen MR) is 105 cm³/mol. The lowest BCUT2D eigenvalue weighted by molar-refractivity contribution is -0.137. The maximum atomic E-state index is 13.2. The summed E-state index contributed by atoms with van der Waals surface area (Å²) in [6.07, 6.45) is -4.51. The minimum atomic E-state index is -4.51. The van der Waals surface area contributed by atoms with Gasteiger partial charge in [-0.15, -0.1) is 0 Å². The van der Waals surface area contributed by atoms with Crippen LogP contribution in [0.5, 0.6) is 0 Å². The molecule has 0 atom stereocenters. The minimum Gasteiger partial charge on any atom is -0.343 e. The van der Waals surface area contributed by atoms with Gasteiger partial charge in [0, 0.05) is 18.3 Å². The molecule has 3 aromatic rings. The van der Waals surface area contributed by atoms with Gasteiger partial charge in [0.1, 0.15) is 0 Å². The van der Waals surface area contributed by atoms with Gasteiger partial charge < -0.3 is 10.2 Å². The summed E-state index contributed by atoms with van der Waals surface area (Å²) >= 11 is 0. The van der Waals surface area contributed by atoms with E-state index < -0.39 is 17.6 Å². The first-order valence-corrected chi connectivity index (χ1v) is 8.64. The second kappa shape index (κ2) is 7.76. The highest BCUT2D eigenvalue weighted by Crippen LogP contribution is 2.37. The number of amides is 1. The number of benzene rings is 3. The van der Waals surface area contributed by atoms with Gasteiger partial charge in [-0.1, -0.05) is 35.9 Å². The third kappa shape index (κ3) is 4.34. The first-order chi connectivity index (χ1) is 13.3. The lowest BCUT2D eigenvalue weighted by atomic mass is 10.1. The van der Waals surface area contributed by atoms with Crippen molar-refractivity contribution in [2.75, 3.05) is 17.3 Å². The normalized spacial score (nSPS) is 11.2. The van der Waals surface area contributed by atoms with Gasteiger partial charge in [-0.25, -0.2) is 0 Å². The van der Waals surface area contributed by atoms with Crippen LogP contribution < -0.4 is 10.2 Å². The Morgan fingerprint density at radius 2 is 1.64 bits per heavy atom. The predicted octanol–water partition coefficient (Wildman–Crippen LogP) is 6.03. The monoisotopic (exact) mass is 384 g/mol. The van der Waals surface area contributed by atoms with E-state index in [0.717, 1.165) is 23.4 Å². The summed E-state index contributed by atoms with van der Waals surface area (Å²) in [5.41, 5.74) is 1.78. The van der Waals surface area contributed by atoms with Crippen LogP contribution in [0, 0.1) is 6.92 Å². The Morgan fingerprint density at radius 1 is 0.929 bits per heavy atom. The third-order valence-electron chi connectivity index (χ3n) is 4.36. The fourth-order valence-electron chi connectivity index (χ4n) is 2.88. The number of anilines is 3. The first-order valence-electron chi connectivity index (χ1n) is 8.64. The standard InChI is InChI=1S/C22H19F3N2O/c1-15-7-6-8-16(13-15)21(28)26-19-14-17(22(23,24)25)11-12-20(19)27(2)18-9-4-3-5-10-18/h3-14H,1-2H3,(H,26,28). The molecule has 1 N–H and O–H groups in total. The highest BCUT2D eigenvalue weighted by Gasteiger charge is 2.31. The van der Waals surface area contributed by atoms with Crippen molar-refractivity contribution in [2.45, 2.75) is 13.1 Å². The second-order valence-electron chi connectivity index (χ2n) is 6.45. The van der Waals surface area contributed by atoms with E-state index in [2.05, 4.69) is 5.32 Å². The molecule has 3 aromatic carbocycles. The molecule has 0 saturated carbocycles. The molecule has 0 radical (unpaired) electrons. The Kier molecular flexibility index (Phi) is 5.40. The number of nitrogens with one attached hydrogen (secondary N) is 1. The number of hydrogen-bond donors (Lipinski definition) is 1. The summed E-state index contributed by atoms with van der Waals surface area (Å²) in [4.78, 5) is 14.4. The number of aryl methyl sites for hydroxylation is 1. The van der Waals surface area contributed by atoms with Gasteiger partial charge in [0.25, 0.3) is 5.91 Å². The van der Waals surface area contributed by atoms with Crippen LogP contribution in [0.25, 0.3) is 0 Å². The zero-order chi connectivity index (χ0) is 20.3. The van der Waals surface area contributed by atoms with Crippen LogP contribution in [0.15, 0.2) is 72.8 Å². The third-order valence-corrected chi connectivity index (χ3v) is 4.36. The average Bonchev–Trinajstić information content (AvgIpc) is 2.67. The van der Waals surface area contributed by atoms with E-state index in [1.165, 1.54) is 6.07 Å². The first kappa shape index (κ1) is 19.5. The summed E-state index contributed by atoms with van der Waals surface area (Å²) in [6, 6.07) is 19.4. The molecule has 0 aliphatic carbocycles. The highest BCUT2D eigenvalue weighted by molar-refractivity contribution is 6.06. The lowest BCUT2D eigenvalue weighted by Crippen LogP contribution is -2.18. The number of alkyl halides is 3. The molecule has 0 unspecified atom stereocenters. The van der Waals surface area contributed by atoms with E-state index >= 15 is 0 Å². The molecule has 0 aromatic heterocycles. The van der Waals surface area contributed by atoms with Crippen LogP contribution in [-0.2, 0) is 6.18 Å². The molecule has 3 rings (SSSR count). The Balaban J connectivity index is 2.02. The summed E-state index contributed by atoms with van der Waals surface area (Å²) in [6.45, 7) is 1.84. The molecule has 28 heavy (non-hydrogen) atoms. The van der Waals surface area contributed by atoms with E-state index in [1.807, 2.05) is 43.3 Å². The maximum Gasteiger partial charge on any atom is 0.416 e. The Bertz CT molecular complexity index is 985. The zero-order valence-electron chi connectivity index (χ0n) is 15.4. The van der Waals surface area contributed by atoms with Crippen LogP contribution in [-0.4, -0.2) is 13.0 Å². The molecule has 0 bridgehead atoms. The number of rotatable bonds is 4. The van der Waals surface area contributed by atoms with Crippen LogP contribution in [0.3, 0.4) is 0 Å². The van der Waals surface area contributed by atoms with Crippen molar-refractivity contribution in [3.8, 4) is 0 Å². The number of nitrogens with zero attached hydrogens (tertiary/aromatic N) is 1. The van der Waals surface area contributed by atoms with Gasteiger partial charge in [-0.3, -0.25) is 4.79 Å². The molecule has 144 valence electrons. The van der Waals surface area contributed by atoms with Crippen molar-refractivity contribution in [2.24, 2.45) is 0 Å². The topological polar surface area (TPSA) is 32.3 Å². The molecule has 3 nitrogen and oxygen atoms in total. The fraction of sp³-hybridized carbons (Fsp3) is 0.136. The largest absolute Gasteiger partial charge is 0.416 e. The van der Waals surface area contributed by atoms with E-state index in [-0.39, 0.29) is 5.69 Å². The zero-order valence-corrected chi connectivity index (χ0v) is 15.4. The molecular weight excluding hydrogens is 365 g/mol.